The Hall–Kier alpha value is -3.32. The molecule has 12 heteroatoms. The minimum absolute atomic E-state index is 0.0644. The van der Waals surface area contributed by atoms with Crippen LogP contribution in [0.4, 0.5) is 23.5 Å². The van der Waals surface area contributed by atoms with Crippen molar-refractivity contribution in [3.63, 3.8) is 0 Å². The molecule has 34 heavy (non-hydrogen) atoms. The maximum Gasteiger partial charge on any atom is 0.251 e. The highest BCUT2D eigenvalue weighted by molar-refractivity contribution is 5.95. The van der Waals surface area contributed by atoms with Crippen LogP contribution in [0.2, 0.25) is 0 Å². The van der Waals surface area contributed by atoms with Crippen molar-refractivity contribution in [1.29, 1.82) is 0 Å². The minimum atomic E-state index is -0.220. The molecule has 1 heterocycles. The van der Waals surface area contributed by atoms with Gasteiger partial charge in [-0.3, -0.25) is 4.79 Å². The van der Waals surface area contributed by atoms with Gasteiger partial charge in [0.05, 0.1) is 26.4 Å². The van der Waals surface area contributed by atoms with Crippen molar-refractivity contribution in [2.24, 2.45) is 5.73 Å². The zero-order valence-corrected chi connectivity index (χ0v) is 19.3. The molecule has 0 aliphatic heterocycles. The van der Waals surface area contributed by atoms with Gasteiger partial charge in [0.25, 0.3) is 5.91 Å². The Kier molecular flexibility index (Phi) is 12.9. The smallest absolute Gasteiger partial charge is 0.251 e. The number of amides is 1. The molecule has 7 N–H and O–H groups in total. The third kappa shape index (κ3) is 10.5. The van der Waals surface area contributed by atoms with Gasteiger partial charge in [-0.25, -0.2) is 0 Å². The highest BCUT2D eigenvalue weighted by atomic mass is 16.5. The number of nitrogens with one attached hydrogen (secondary N) is 4. The molecule has 0 spiro atoms. The van der Waals surface area contributed by atoms with Gasteiger partial charge in [-0.05, 0) is 24.6 Å². The summed E-state index contributed by atoms with van der Waals surface area (Å²) in [6.07, 6.45) is 2.26. The number of nitrogens with two attached hydrogens (primary N) is 1. The van der Waals surface area contributed by atoms with Gasteiger partial charge in [-0.2, -0.15) is 15.0 Å². The van der Waals surface area contributed by atoms with Crippen LogP contribution < -0.4 is 27.0 Å². The number of nitrogens with zero attached hydrogens (tertiary/aromatic N) is 3. The SMILES string of the molecule is C=CCNc1nc(NCCCO)nc(Nc2cccc(C(=O)NCCOCCOCCN)c2)n1. The van der Waals surface area contributed by atoms with E-state index in [9.17, 15) is 4.79 Å². The van der Waals surface area contributed by atoms with Crippen LogP contribution in [0.15, 0.2) is 36.9 Å². The number of carbonyl (C=O) groups excluding carboxylic acids is 1. The fourth-order valence-corrected chi connectivity index (χ4v) is 2.64. The lowest BCUT2D eigenvalue weighted by atomic mass is 10.2. The second-order valence-electron chi connectivity index (χ2n) is 6.95. The van der Waals surface area contributed by atoms with Gasteiger partial charge in [0.2, 0.25) is 17.8 Å². The molecule has 0 saturated heterocycles. The van der Waals surface area contributed by atoms with Gasteiger partial charge in [0, 0.05) is 44.0 Å². The Morgan fingerprint density at radius 3 is 2.50 bits per heavy atom. The molecule has 0 radical (unpaired) electrons. The van der Waals surface area contributed by atoms with Crippen LogP contribution in [-0.4, -0.2) is 85.2 Å². The molecule has 0 atom stereocenters. The molecule has 0 bridgehead atoms. The molecular weight excluding hydrogens is 440 g/mol. The molecule has 186 valence electrons. The summed E-state index contributed by atoms with van der Waals surface area (Å²) in [7, 11) is 0. The summed E-state index contributed by atoms with van der Waals surface area (Å²) in [5.74, 6) is 0.809. The maximum absolute atomic E-state index is 12.5. The Balaban J connectivity index is 1.93. The zero-order chi connectivity index (χ0) is 24.4. The van der Waals surface area contributed by atoms with Crippen LogP contribution in [0, 0.1) is 0 Å². The first-order valence-corrected chi connectivity index (χ1v) is 11.1. The number of aromatic nitrogens is 3. The van der Waals surface area contributed by atoms with Crippen molar-refractivity contribution in [3.8, 4) is 0 Å². The Morgan fingerprint density at radius 2 is 1.76 bits per heavy atom. The predicted octanol–water partition coefficient (Wildman–Crippen LogP) is 0.729. The second kappa shape index (κ2) is 16.3. The van der Waals surface area contributed by atoms with E-state index in [1.807, 2.05) is 0 Å². The van der Waals surface area contributed by atoms with Crippen molar-refractivity contribution in [1.82, 2.24) is 20.3 Å². The average molecular weight is 475 g/mol. The number of hydrogen-bond donors (Lipinski definition) is 6. The first-order chi connectivity index (χ1) is 16.7. The Labute approximate surface area is 199 Å². The van der Waals surface area contributed by atoms with E-state index in [4.69, 9.17) is 20.3 Å². The summed E-state index contributed by atoms with van der Waals surface area (Å²) < 4.78 is 10.6. The molecule has 1 aromatic heterocycles. The molecule has 1 aromatic carbocycles. The van der Waals surface area contributed by atoms with Crippen LogP contribution in [-0.2, 0) is 9.47 Å². The fraction of sp³-hybridized carbons (Fsp3) is 0.455. The van der Waals surface area contributed by atoms with E-state index in [1.165, 1.54) is 0 Å². The van der Waals surface area contributed by atoms with Crippen molar-refractivity contribution >= 4 is 29.4 Å². The number of ether oxygens (including phenoxy) is 2. The second-order valence-corrected chi connectivity index (χ2v) is 6.95. The fourth-order valence-electron chi connectivity index (χ4n) is 2.64. The monoisotopic (exact) mass is 474 g/mol. The highest BCUT2D eigenvalue weighted by Gasteiger charge is 2.09. The third-order valence-electron chi connectivity index (χ3n) is 4.20. The molecular formula is C22H34N8O4. The topological polar surface area (TPSA) is 169 Å². The third-order valence-corrected chi connectivity index (χ3v) is 4.20. The average Bonchev–Trinajstić information content (AvgIpc) is 2.84. The standard InChI is InChI=1S/C22H34N8O4/c1-2-8-25-20-28-21(26-9-4-11-31)30-22(29-20)27-18-6-3-5-17(16-18)19(32)24-10-13-34-15-14-33-12-7-23/h2-3,5-6,16,31H,1,4,7-15,23H2,(H,24,32)(H3,25,26,27,28,29,30). The lowest BCUT2D eigenvalue weighted by molar-refractivity contribution is 0.0511. The Morgan fingerprint density at radius 1 is 1.03 bits per heavy atom. The van der Waals surface area contributed by atoms with Crippen molar-refractivity contribution < 1.29 is 19.4 Å². The van der Waals surface area contributed by atoms with E-state index < -0.39 is 0 Å². The van der Waals surface area contributed by atoms with E-state index in [1.54, 1.807) is 30.3 Å². The van der Waals surface area contributed by atoms with Gasteiger partial charge < -0.3 is 41.6 Å². The molecule has 12 nitrogen and oxygen atoms in total. The van der Waals surface area contributed by atoms with E-state index in [2.05, 4.69) is 42.8 Å². The first kappa shape index (κ1) is 26.9. The minimum Gasteiger partial charge on any atom is -0.396 e. The number of hydrogen-bond acceptors (Lipinski definition) is 11. The number of rotatable bonds is 18. The summed E-state index contributed by atoms with van der Waals surface area (Å²) in [4.78, 5) is 25.5. The van der Waals surface area contributed by atoms with Crippen LogP contribution in [0.1, 0.15) is 16.8 Å². The maximum atomic E-state index is 12.5. The Bertz CT molecular complexity index is 884. The van der Waals surface area contributed by atoms with Crippen molar-refractivity contribution in [2.75, 3.05) is 75.2 Å². The summed E-state index contributed by atoms with van der Waals surface area (Å²) in [6.45, 7) is 7.40. The largest absolute Gasteiger partial charge is 0.396 e. The van der Waals surface area contributed by atoms with Gasteiger partial charge in [-0.1, -0.05) is 12.1 Å². The number of carbonyl (C=O) groups is 1. The lowest BCUT2D eigenvalue weighted by Crippen LogP contribution is -2.27. The number of anilines is 4. The summed E-state index contributed by atoms with van der Waals surface area (Å²) in [5, 5.41) is 21.0. The van der Waals surface area contributed by atoms with E-state index in [0.29, 0.717) is 88.1 Å². The molecule has 2 rings (SSSR count). The number of benzene rings is 1. The zero-order valence-electron chi connectivity index (χ0n) is 19.3. The van der Waals surface area contributed by atoms with Gasteiger partial charge >= 0.3 is 0 Å². The van der Waals surface area contributed by atoms with E-state index >= 15 is 0 Å². The van der Waals surface area contributed by atoms with Crippen LogP contribution in [0.5, 0.6) is 0 Å². The summed E-state index contributed by atoms with van der Waals surface area (Å²) >= 11 is 0. The van der Waals surface area contributed by atoms with E-state index in [0.717, 1.165) is 0 Å². The molecule has 1 amide bonds. The lowest BCUT2D eigenvalue weighted by Gasteiger charge is -2.11. The first-order valence-electron chi connectivity index (χ1n) is 11.1. The molecule has 0 aliphatic rings. The van der Waals surface area contributed by atoms with Gasteiger partial charge in [0.15, 0.2) is 0 Å². The number of aliphatic hydroxyl groups is 1. The van der Waals surface area contributed by atoms with Crippen LogP contribution in [0.3, 0.4) is 0 Å². The normalized spacial score (nSPS) is 10.5. The van der Waals surface area contributed by atoms with Crippen molar-refractivity contribution in [2.45, 2.75) is 6.42 Å². The molecule has 0 saturated carbocycles. The summed E-state index contributed by atoms with van der Waals surface area (Å²) in [6, 6.07) is 6.99. The van der Waals surface area contributed by atoms with E-state index in [-0.39, 0.29) is 12.5 Å². The quantitative estimate of drug-likeness (QED) is 0.133. The summed E-state index contributed by atoms with van der Waals surface area (Å²) in [5.41, 5.74) is 6.47. The van der Waals surface area contributed by atoms with Crippen LogP contribution in [0.25, 0.3) is 0 Å². The van der Waals surface area contributed by atoms with Gasteiger partial charge in [-0.15, -0.1) is 6.58 Å². The predicted molar refractivity (Wildman–Crippen MR) is 131 cm³/mol. The molecule has 2 aromatic rings. The van der Waals surface area contributed by atoms with Crippen molar-refractivity contribution in [3.05, 3.63) is 42.5 Å². The molecule has 0 unspecified atom stereocenters. The highest BCUT2D eigenvalue weighted by Crippen LogP contribution is 2.17. The van der Waals surface area contributed by atoms with Gasteiger partial charge in [0.1, 0.15) is 0 Å². The number of aliphatic hydroxyl groups excluding tert-OH is 1. The molecule has 0 aliphatic carbocycles. The van der Waals surface area contributed by atoms with Crippen LogP contribution >= 0.6 is 0 Å². The molecule has 0 fully saturated rings.